The minimum atomic E-state index is 0.314. The van der Waals surface area contributed by atoms with Gasteiger partial charge in [-0.3, -0.25) is 0 Å². The molecular weight excluding hydrogens is 375 g/mol. The van der Waals surface area contributed by atoms with Crippen LogP contribution in [0.2, 0.25) is 5.02 Å². The molecule has 0 amide bonds. The van der Waals surface area contributed by atoms with Crippen molar-refractivity contribution < 1.29 is 0 Å². The Bertz CT molecular complexity index is 535. The lowest BCUT2D eigenvalue weighted by molar-refractivity contribution is 0.946. The van der Waals surface area contributed by atoms with Gasteiger partial charge < -0.3 is 0 Å². The van der Waals surface area contributed by atoms with E-state index >= 15 is 0 Å². The smallest absolute Gasteiger partial charge is 0.0435 e. The average molecular weight is 389 g/mol. The van der Waals surface area contributed by atoms with Crippen LogP contribution in [0.3, 0.4) is 0 Å². The molecule has 0 aliphatic rings. The maximum Gasteiger partial charge on any atom is 0.0435 e. The van der Waals surface area contributed by atoms with Crippen LogP contribution in [-0.4, -0.2) is 0 Å². The maximum atomic E-state index is 6.04. The molecule has 0 radical (unpaired) electrons. The third-order valence-corrected chi connectivity index (χ3v) is 4.68. The van der Waals surface area contributed by atoms with Crippen molar-refractivity contribution in [3.63, 3.8) is 0 Å². The summed E-state index contributed by atoms with van der Waals surface area (Å²) < 4.78 is 1.11. The third-order valence-electron chi connectivity index (χ3n) is 2.87. The fourth-order valence-electron chi connectivity index (χ4n) is 1.81. The zero-order chi connectivity index (χ0) is 13.1. The van der Waals surface area contributed by atoms with Crippen molar-refractivity contribution in [2.24, 2.45) is 0 Å². The van der Waals surface area contributed by atoms with E-state index in [9.17, 15) is 0 Å². The van der Waals surface area contributed by atoms with E-state index in [1.54, 1.807) is 0 Å². The molecule has 2 rings (SSSR count). The number of alkyl halides is 1. The van der Waals surface area contributed by atoms with Crippen LogP contribution >= 0.6 is 43.5 Å². The molecule has 2 aromatic rings. The standard InChI is InChI=1S/C15H13Br2Cl/c1-10-8-12(4-7-15(10)18)14(17)9-11-2-5-13(16)6-3-11/h2-8,14H,9H2,1H3. The third kappa shape index (κ3) is 3.59. The van der Waals surface area contributed by atoms with Crippen molar-refractivity contribution in [1.29, 1.82) is 0 Å². The van der Waals surface area contributed by atoms with Gasteiger partial charge in [0.2, 0.25) is 0 Å². The topological polar surface area (TPSA) is 0 Å². The van der Waals surface area contributed by atoms with Crippen LogP contribution in [0.5, 0.6) is 0 Å². The average Bonchev–Trinajstić information content (AvgIpc) is 2.35. The number of hydrogen-bond donors (Lipinski definition) is 0. The molecule has 3 heteroatoms. The summed E-state index contributed by atoms with van der Waals surface area (Å²) in [5.41, 5.74) is 3.70. The molecule has 94 valence electrons. The van der Waals surface area contributed by atoms with Crippen molar-refractivity contribution in [3.05, 3.63) is 68.7 Å². The molecule has 0 N–H and O–H groups in total. The molecular formula is C15H13Br2Cl. The van der Waals surface area contributed by atoms with Crippen molar-refractivity contribution in [2.75, 3.05) is 0 Å². The second-order valence-corrected chi connectivity index (χ2v) is 6.73. The molecule has 0 heterocycles. The summed E-state index contributed by atoms with van der Waals surface area (Å²) in [7, 11) is 0. The molecule has 0 saturated carbocycles. The van der Waals surface area contributed by atoms with Gasteiger partial charge in [0.15, 0.2) is 0 Å². The molecule has 0 bridgehead atoms. The van der Waals surface area contributed by atoms with Gasteiger partial charge in [-0.2, -0.15) is 0 Å². The minimum Gasteiger partial charge on any atom is -0.0841 e. The van der Waals surface area contributed by atoms with Gasteiger partial charge in [-0.25, -0.2) is 0 Å². The fraction of sp³-hybridized carbons (Fsp3) is 0.200. The van der Waals surface area contributed by atoms with E-state index < -0.39 is 0 Å². The van der Waals surface area contributed by atoms with Crippen LogP contribution in [0.25, 0.3) is 0 Å². The lowest BCUT2D eigenvalue weighted by Gasteiger charge is -2.12. The van der Waals surface area contributed by atoms with Gasteiger partial charge in [-0.1, -0.05) is 67.7 Å². The van der Waals surface area contributed by atoms with Gasteiger partial charge in [-0.05, 0) is 48.2 Å². The molecule has 0 aliphatic carbocycles. The minimum absolute atomic E-state index is 0.314. The Kier molecular flexibility index (Phi) is 4.88. The summed E-state index contributed by atoms with van der Waals surface area (Å²) in [6.45, 7) is 2.03. The highest BCUT2D eigenvalue weighted by Gasteiger charge is 2.09. The lowest BCUT2D eigenvalue weighted by atomic mass is 10.0. The molecule has 0 spiro atoms. The van der Waals surface area contributed by atoms with E-state index in [0.29, 0.717) is 4.83 Å². The lowest BCUT2D eigenvalue weighted by Crippen LogP contribution is -1.96. The predicted octanol–water partition coefficient (Wildman–Crippen LogP) is 6.09. The molecule has 0 aliphatic heterocycles. The number of hydrogen-bond acceptors (Lipinski definition) is 0. The largest absolute Gasteiger partial charge is 0.0841 e. The van der Waals surface area contributed by atoms with Gasteiger partial charge >= 0.3 is 0 Å². The van der Waals surface area contributed by atoms with E-state index in [2.05, 4.69) is 68.3 Å². The molecule has 0 saturated heterocycles. The first kappa shape index (κ1) is 14.1. The van der Waals surface area contributed by atoms with Crippen LogP contribution in [0.1, 0.15) is 21.5 Å². The van der Waals surface area contributed by atoms with E-state index in [4.69, 9.17) is 11.6 Å². The highest BCUT2D eigenvalue weighted by molar-refractivity contribution is 9.10. The number of halogens is 3. The molecule has 2 aromatic carbocycles. The van der Waals surface area contributed by atoms with Crippen LogP contribution in [0.4, 0.5) is 0 Å². The number of benzene rings is 2. The molecule has 1 unspecified atom stereocenters. The normalized spacial score (nSPS) is 12.4. The summed E-state index contributed by atoms with van der Waals surface area (Å²) in [6, 6.07) is 14.6. The van der Waals surface area contributed by atoms with Crippen molar-refractivity contribution in [1.82, 2.24) is 0 Å². The van der Waals surface area contributed by atoms with Crippen LogP contribution in [0.15, 0.2) is 46.9 Å². The molecule has 0 aromatic heterocycles. The summed E-state index contributed by atoms with van der Waals surface area (Å²) in [5.74, 6) is 0. The summed E-state index contributed by atoms with van der Waals surface area (Å²) in [4.78, 5) is 0.314. The highest BCUT2D eigenvalue weighted by atomic mass is 79.9. The van der Waals surface area contributed by atoms with E-state index in [-0.39, 0.29) is 0 Å². The number of aryl methyl sites for hydroxylation is 1. The Morgan fingerprint density at radius 2 is 1.78 bits per heavy atom. The van der Waals surface area contributed by atoms with Gasteiger partial charge in [-0.15, -0.1) is 0 Å². The Hall–Kier alpha value is -0.310. The van der Waals surface area contributed by atoms with Gasteiger partial charge in [0.25, 0.3) is 0 Å². The SMILES string of the molecule is Cc1cc(C(Br)Cc2ccc(Br)cc2)ccc1Cl. The number of rotatable bonds is 3. The van der Waals surface area contributed by atoms with Crippen molar-refractivity contribution >= 4 is 43.5 Å². The zero-order valence-corrected chi connectivity index (χ0v) is 13.9. The van der Waals surface area contributed by atoms with Crippen molar-refractivity contribution in [2.45, 2.75) is 18.2 Å². The fourth-order valence-corrected chi connectivity index (χ4v) is 2.85. The zero-order valence-electron chi connectivity index (χ0n) is 9.96. The van der Waals surface area contributed by atoms with Gasteiger partial charge in [0.05, 0.1) is 0 Å². The van der Waals surface area contributed by atoms with Gasteiger partial charge in [0, 0.05) is 14.3 Å². The Morgan fingerprint density at radius 1 is 1.11 bits per heavy atom. The predicted molar refractivity (Wildman–Crippen MR) is 85.7 cm³/mol. The molecule has 18 heavy (non-hydrogen) atoms. The van der Waals surface area contributed by atoms with Crippen LogP contribution in [-0.2, 0) is 6.42 Å². The van der Waals surface area contributed by atoms with Crippen LogP contribution < -0.4 is 0 Å². The first-order valence-corrected chi connectivity index (χ1v) is 7.79. The summed E-state index contributed by atoms with van der Waals surface area (Å²) >= 11 is 13.2. The Labute approximate surface area is 130 Å². The summed E-state index contributed by atoms with van der Waals surface area (Å²) in [6.07, 6.45) is 0.967. The quantitative estimate of drug-likeness (QED) is 0.558. The van der Waals surface area contributed by atoms with E-state index in [0.717, 1.165) is 21.5 Å². The second kappa shape index (κ2) is 6.23. The van der Waals surface area contributed by atoms with E-state index in [1.165, 1.54) is 11.1 Å². The Balaban J connectivity index is 2.13. The highest BCUT2D eigenvalue weighted by Crippen LogP contribution is 2.30. The van der Waals surface area contributed by atoms with E-state index in [1.807, 2.05) is 13.0 Å². The first-order chi connectivity index (χ1) is 8.56. The maximum absolute atomic E-state index is 6.04. The Morgan fingerprint density at radius 3 is 2.39 bits per heavy atom. The molecule has 0 nitrogen and oxygen atoms in total. The second-order valence-electron chi connectivity index (χ2n) is 4.31. The van der Waals surface area contributed by atoms with Crippen molar-refractivity contribution in [3.8, 4) is 0 Å². The molecule has 1 atom stereocenters. The van der Waals surface area contributed by atoms with Crippen LogP contribution in [0, 0.1) is 6.92 Å². The monoisotopic (exact) mass is 386 g/mol. The summed E-state index contributed by atoms with van der Waals surface area (Å²) in [5, 5.41) is 0.821. The van der Waals surface area contributed by atoms with Gasteiger partial charge in [0.1, 0.15) is 0 Å². The molecule has 0 fully saturated rings. The first-order valence-electron chi connectivity index (χ1n) is 5.71.